The fourth-order valence-corrected chi connectivity index (χ4v) is 0.477. The van der Waals surface area contributed by atoms with E-state index in [0.717, 1.165) is 6.92 Å². The summed E-state index contributed by atoms with van der Waals surface area (Å²) in [5.41, 5.74) is 1.99. The SMILES string of the molecule is CC(O)(CC(F)(F)F)C(N)=O. The highest BCUT2D eigenvalue weighted by atomic mass is 19.4. The van der Waals surface area contributed by atoms with Gasteiger partial charge in [0.2, 0.25) is 5.91 Å². The van der Waals surface area contributed by atoms with Gasteiger partial charge in [-0.2, -0.15) is 13.2 Å². The summed E-state index contributed by atoms with van der Waals surface area (Å²) in [6.45, 7) is 0.725. The summed E-state index contributed by atoms with van der Waals surface area (Å²) in [7, 11) is 0. The number of hydrogen-bond acceptors (Lipinski definition) is 2. The Balaban J connectivity index is 4.25. The first kappa shape index (κ1) is 10.2. The van der Waals surface area contributed by atoms with E-state index in [1.807, 2.05) is 0 Å². The summed E-state index contributed by atoms with van der Waals surface area (Å²) >= 11 is 0. The molecule has 0 aliphatic rings. The molecular weight excluding hydrogens is 163 g/mol. The Kier molecular flexibility index (Phi) is 2.50. The Bertz CT molecular complexity index is 164. The van der Waals surface area contributed by atoms with Gasteiger partial charge in [-0.05, 0) is 6.92 Å². The van der Waals surface area contributed by atoms with Crippen LogP contribution < -0.4 is 5.73 Å². The van der Waals surface area contributed by atoms with Gasteiger partial charge in [-0.3, -0.25) is 4.79 Å². The third kappa shape index (κ3) is 3.82. The normalized spacial score (nSPS) is 17.5. The van der Waals surface area contributed by atoms with Crippen LogP contribution in [0.4, 0.5) is 13.2 Å². The second-order valence-corrected chi connectivity index (χ2v) is 2.43. The maximum atomic E-state index is 11.5. The van der Waals surface area contributed by atoms with Gasteiger partial charge in [-0.25, -0.2) is 0 Å². The lowest BCUT2D eigenvalue weighted by molar-refractivity contribution is -0.179. The number of alkyl halides is 3. The smallest absolute Gasteiger partial charge is 0.380 e. The molecule has 0 fully saturated rings. The van der Waals surface area contributed by atoms with Gasteiger partial charge in [0.25, 0.3) is 0 Å². The van der Waals surface area contributed by atoms with E-state index in [0.29, 0.717) is 0 Å². The number of carbonyl (C=O) groups excluding carboxylic acids is 1. The minimum absolute atomic E-state index is 0.725. The molecule has 0 saturated carbocycles. The molecule has 0 spiro atoms. The number of rotatable bonds is 2. The molecule has 0 heterocycles. The van der Waals surface area contributed by atoms with Crippen molar-refractivity contribution in [3.8, 4) is 0 Å². The molecule has 0 radical (unpaired) electrons. The van der Waals surface area contributed by atoms with Crippen LogP contribution in [0.15, 0.2) is 0 Å². The number of primary amides is 1. The molecule has 1 amide bonds. The van der Waals surface area contributed by atoms with Crippen molar-refractivity contribution in [2.45, 2.75) is 25.1 Å². The average Bonchev–Trinajstić information content (AvgIpc) is 1.56. The van der Waals surface area contributed by atoms with Crippen LogP contribution >= 0.6 is 0 Å². The molecule has 0 rings (SSSR count). The van der Waals surface area contributed by atoms with Crippen LogP contribution in [0.2, 0.25) is 0 Å². The van der Waals surface area contributed by atoms with Gasteiger partial charge in [0.1, 0.15) is 5.60 Å². The molecule has 3 nitrogen and oxygen atoms in total. The largest absolute Gasteiger partial charge is 0.392 e. The molecule has 66 valence electrons. The van der Waals surface area contributed by atoms with Crippen molar-refractivity contribution in [3.05, 3.63) is 0 Å². The Morgan fingerprint density at radius 2 is 1.91 bits per heavy atom. The van der Waals surface area contributed by atoms with Crippen molar-refractivity contribution in [2.24, 2.45) is 5.73 Å². The van der Waals surface area contributed by atoms with Crippen LogP contribution in [0.5, 0.6) is 0 Å². The average molecular weight is 171 g/mol. The summed E-state index contributed by atoms with van der Waals surface area (Å²) in [5.74, 6) is -1.38. The second-order valence-electron chi connectivity index (χ2n) is 2.43. The second kappa shape index (κ2) is 2.69. The van der Waals surface area contributed by atoms with Gasteiger partial charge >= 0.3 is 6.18 Å². The molecule has 0 aliphatic carbocycles. The monoisotopic (exact) mass is 171 g/mol. The van der Waals surface area contributed by atoms with E-state index < -0.39 is 24.1 Å². The predicted octanol–water partition coefficient (Wildman–Crippen LogP) is 0.175. The number of halogens is 3. The van der Waals surface area contributed by atoms with Gasteiger partial charge in [-0.1, -0.05) is 0 Å². The predicted molar refractivity (Wildman–Crippen MR) is 30.5 cm³/mol. The molecule has 0 saturated heterocycles. The highest BCUT2D eigenvalue weighted by molar-refractivity contribution is 5.82. The Hall–Kier alpha value is -0.780. The standard InChI is InChI=1S/C5H8F3NO2/c1-4(11,3(9)10)2-5(6,7)8/h11H,2H2,1H3,(H2,9,10). The summed E-state index contributed by atoms with van der Waals surface area (Å²) < 4.78 is 34.6. The Labute approximate surface area is 61.0 Å². The highest BCUT2D eigenvalue weighted by Gasteiger charge is 2.41. The van der Waals surface area contributed by atoms with Crippen molar-refractivity contribution in [1.82, 2.24) is 0 Å². The molecule has 1 atom stereocenters. The van der Waals surface area contributed by atoms with Crippen LogP contribution in [-0.2, 0) is 4.79 Å². The zero-order valence-corrected chi connectivity index (χ0v) is 5.77. The Morgan fingerprint density at radius 3 is 2.00 bits per heavy atom. The fraction of sp³-hybridized carbons (Fsp3) is 0.800. The summed E-state index contributed by atoms with van der Waals surface area (Å²) in [5, 5.41) is 8.73. The summed E-state index contributed by atoms with van der Waals surface area (Å²) in [6.07, 6.45) is -6.20. The van der Waals surface area contributed by atoms with E-state index in [1.165, 1.54) is 0 Å². The van der Waals surface area contributed by atoms with E-state index >= 15 is 0 Å². The number of carbonyl (C=O) groups is 1. The number of nitrogens with two attached hydrogens (primary N) is 1. The summed E-state index contributed by atoms with van der Waals surface area (Å²) in [6, 6.07) is 0. The molecule has 6 heteroatoms. The van der Waals surface area contributed by atoms with E-state index in [-0.39, 0.29) is 0 Å². The lowest BCUT2D eigenvalue weighted by Crippen LogP contribution is -2.44. The Morgan fingerprint density at radius 1 is 1.55 bits per heavy atom. The lowest BCUT2D eigenvalue weighted by atomic mass is 10.0. The van der Waals surface area contributed by atoms with Crippen LogP contribution in [-0.4, -0.2) is 22.8 Å². The van der Waals surface area contributed by atoms with Crippen LogP contribution in [0.3, 0.4) is 0 Å². The van der Waals surface area contributed by atoms with Crippen LogP contribution in [0.25, 0.3) is 0 Å². The molecule has 0 aliphatic heterocycles. The van der Waals surface area contributed by atoms with Crippen molar-refractivity contribution in [2.75, 3.05) is 0 Å². The number of amides is 1. The lowest BCUT2D eigenvalue weighted by Gasteiger charge is -2.20. The zero-order valence-electron chi connectivity index (χ0n) is 5.77. The van der Waals surface area contributed by atoms with E-state index in [2.05, 4.69) is 5.73 Å². The number of hydrogen-bond donors (Lipinski definition) is 2. The van der Waals surface area contributed by atoms with Gasteiger partial charge in [0.05, 0.1) is 6.42 Å². The van der Waals surface area contributed by atoms with Gasteiger partial charge < -0.3 is 10.8 Å². The van der Waals surface area contributed by atoms with Crippen molar-refractivity contribution >= 4 is 5.91 Å². The van der Waals surface area contributed by atoms with E-state index in [9.17, 15) is 18.0 Å². The topological polar surface area (TPSA) is 63.3 Å². The van der Waals surface area contributed by atoms with E-state index in [1.54, 1.807) is 0 Å². The highest BCUT2D eigenvalue weighted by Crippen LogP contribution is 2.26. The van der Waals surface area contributed by atoms with Gasteiger partial charge in [-0.15, -0.1) is 0 Å². The minimum atomic E-state index is -4.58. The molecular formula is C5H8F3NO2. The third-order valence-electron chi connectivity index (χ3n) is 1.08. The molecule has 11 heavy (non-hydrogen) atoms. The maximum absolute atomic E-state index is 11.5. The van der Waals surface area contributed by atoms with Crippen molar-refractivity contribution in [1.29, 1.82) is 0 Å². The quantitative estimate of drug-likeness (QED) is 0.622. The molecule has 0 aromatic carbocycles. The number of aliphatic hydroxyl groups is 1. The van der Waals surface area contributed by atoms with Crippen molar-refractivity contribution < 1.29 is 23.1 Å². The first-order valence-electron chi connectivity index (χ1n) is 2.74. The maximum Gasteiger partial charge on any atom is 0.392 e. The fourth-order valence-electron chi connectivity index (χ4n) is 0.477. The van der Waals surface area contributed by atoms with Crippen molar-refractivity contribution in [3.63, 3.8) is 0 Å². The summed E-state index contributed by atoms with van der Waals surface area (Å²) in [4.78, 5) is 10.2. The van der Waals surface area contributed by atoms with E-state index in [4.69, 9.17) is 5.11 Å². The molecule has 0 aromatic heterocycles. The molecule has 0 bridgehead atoms. The molecule has 1 unspecified atom stereocenters. The van der Waals surface area contributed by atoms with Gasteiger partial charge in [0, 0.05) is 0 Å². The minimum Gasteiger partial charge on any atom is -0.380 e. The van der Waals surface area contributed by atoms with Gasteiger partial charge in [0.15, 0.2) is 0 Å². The first-order chi connectivity index (χ1) is 4.65. The molecule has 0 aromatic rings. The zero-order chi connectivity index (χ0) is 9.28. The third-order valence-corrected chi connectivity index (χ3v) is 1.08. The first-order valence-corrected chi connectivity index (χ1v) is 2.74. The molecule has 3 N–H and O–H groups in total. The van der Waals surface area contributed by atoms with Crippen LogP contribution in [0, 0.1) is 0 Å². The van der Waals surface area contributed by atoms with Crippen LogP contribution in [0.1, 0.15) is 13.3 Å².